The molecule has 0 bridgehead atoms. The Labute approximate surface area is 78.6 Å². The van der Waals surface area contributed by atoms with E-state index in [0.29, 0.717) is 0 Å². The number of fused-ring (bicyclic) bond motifs is 1. The fraction of sp³-hybridized carbons (Fsp3) is 0.111. The van der Waals surface area contributed by atoms with E-state index in [4.69, 9.17) is 11.6 Å². The van der Waals surface area contributed by atoms with Gasteiger partial charge in [0.05, 0.1) is 5.02 Å². The van der Waals surface area contributed by atoms with Gasteiger partial charge in [-0.15, -0.1) is 11.3 Å². The lowest BCUT2D eigenvalue weighted by atomic mass is 10.2. The van der Waals surface area contributed by atoms with Gasteiger partial charge in [0.25, 0.3) is 0 Å². The second-order valence-corrected chi connectivity index (χ2v) is 4.25. The molecular weight excluding hydrogens is 195 g/mol. The lowest BCUT2D eigenvalue weighted by Gasteiger charge is -1.89. The maximum absolute atomic E-state index is 12.7. The average Bonchev–Trinajstić information content (AvgIpc) is 2.28. The van der Waals surface area contributed by atoms with Crippen molar-refractivity contribution in [1.29, 1.82) is 0 Å². The molecule has 0 saturated heterocycles. The predicted molar refractivity (Wildman–Crippen MR) is 51.5 cm³/mol. The highest BCUT2D eigenvalue weighted by Gasteiger charge is 2.06. The quantitative estimate of drug-likeness (QED) is 0.603. The van der Waals surface area contributed by atoms with E-state index in [1.807, 2.05) is 6.92 Å². The zero-order chi connectivity index (χ0) is 8.72. The van der Waals surface area contributed by atoms with Crippen LogP contribution in [0.2, 0.25) is 5.02 Å². The number of thiophene rings is 1. The molecule has 2 rings (SSSR count). The molecule has 2 aromatic rings. The summed E-state index contributed by atoms with van der Waals surface area (Å²) in [4.78, 5) is 1.04. The maximum atomic E-state index is 12.7. The SMILES string of the molecule is Cc1sc2cc(F)ccc2c1Cl. The molecular formula is C9H6ClFS. The Morgan fingerprint density at radius 3 is 2.92 bits per heavy atom. The molecule has 0 aliphatic rings. The minimum Gasteiger partial charge on any atom is -0.207 e. The third-order valence-electron chi connectivity index (χ3n) is 1.75. The number of aryl methyl sites for hydroxylation is 1. The molecule has 1 heterocycles. The highest BCUT2D eigenvalue weighted by atomic mass is 35.5. The van der Waals surface area contributed by atoms with Gasteiger partial charge < -0.3 is 0 Å². The number of rotatable bonds is 0. The lowest BCUT2D eigenvalue weighted by Crippen LogP contribution is -1.69. The van der Waals surface area contributed by atoms with Gasteiger partial charge in [-0.1, -0.05) is 11.6 Å². The molecule has 0 N–H and O–H groups in total. The molecule has 0 atom stereocenters. The zero-order valence-electron chi connectivity index (χ0n) is 6.40. The number of hydrogen-bond donors (Lipinski definition) is 0. The molecule has 0 fully saturated rings. The van der Waals surface area contributed by atoms with Crippen LogP contribution in [-0.4, -0.2) is 0 Å². The van der Waals surface area contributed by atoms with Crippen LogP contribution in [-0.2, 0) is 0 Å². The molecule has 12 heavy (non-hydrogen) atoms. The van der Waals surface area contributed by atoms with Crippen molar-refractivity contribution in [3.05, 3.63) is 33.9 Å². The van der Waals surface area contributed by atoms with Crippen molar-refractivity contribution < 1.29 is 4.39 Å². The van der Waals surface area contributed by atoms with Crippen molar-refractivity contribution in [2.45, 2.75) is 6.92 Å². The Bertz CT molecular complexity index is 433. The lowest BCUT2D eigenvalue weighted by molar-refractivity contribution is 0.630. The van der Waals surface area contributed by atoms with E-state index in [1.54, 1.807) is 6.07 Å². The van der Waals surface area contributed by atoms with Crippen LogP contribution in [0.3, 0.4) is 0 Å². The van der Waals surface area contributed by atoms with E-state index in [0.717, 1.165) is 20.0 Å². The largest absolute Gasteiger partial charge is 0.207 e. The first-order valence-electron chi connectivity index (χ1n) is 3.52. The van der Waals surface area contributed by atoms with Crippen molar-refractivity contribution >= 4 is 33.0 Å². The molecule has 62 valence electrons. The van der Waals surface area contributed by atoms with Crippen molar-refractivity contribution in [1.82, 2.24) is 0 Å². The monoisotopic (exact) mass is 200 g/mol. The molecule has 1 aromatic carbocycles. The van der Waals surface area contributed by atoms with Crippen molar-refractivity contribution in [3.8, 4) is 0 Å². The van der Waals surface area contributed by atoms with E-state index in [2.05, 4.69) is 0 Å². The summed E-state index contributed by atoms with van der Waals surface area (Å²) in [6.07, 6.45) is 0. The summed E-state index contributed by atoms with van der Waals surface area (Å²) in [5, 5.41) is 1.69. The van der Waals surface area contributed by atoms with E-state index in [1.165, 1.54) is 23.5 Å². The second-order valence-electron chi connectivity index (χ2n) is 2.61. The summed E-state index contributed by atoms with van der Waals surface area (Å²) in [6, 6.07) is 4.66. The fourth-order valence-corrected chi connectivity index (χ4v) is 2.48. The smallest absolute Gasteiger partial charge is 0.124 e. The Morgan fingerprint density at radius 2 is 2.17 bits per heavy atom. The van der Waals surface area contributed by atoms with Crippen LogP contribution in [0, 0.1) is 12.7 Å². The molecule has 0 saturated carbocycles. The summed E-state index contributed by atoms with van der Waals surface area (Å²) in [6.45, 7) is 1.94. The predicted octanol–water partition coefficient (Wildman–Crippen LogP) is 4.00. The molecule has 0 aliphatic heterocycles. The Balaban J connectivity index is 2.87. The summed E-state index contributed by atoms with van der Waals surface area (Å²) in [7, 11) is 0. The average molecular weight is 201 g/mol. The maximum Gasteiger partial charge on any atom is 0.124 e. The van der Waals surface area contributed by atoms with Gasteiger partial charge in [0.1, 0.15) is 5.82 Å². The van der Waals surface area contributed by atoms with E-state index in [9.17, 15) is 4.39 Å². The van der Waals surface area contributed by atoms with Gasteiger partial charge in [0.2, 0.25) is 0 Å². The van der Waals surface area contributed by atoms with Crippen molar-refractivity contribution in [3.63, 3.8) is 0 Å². The molecule has 0 unspecified atom stereocenters. The van der Waals surface area contributed by atoms with E-state index < -0.39 is 0 Å². The minimum absolute atomic E-state index is 0.208. The molecule has 3 heteroatoms. The summed E-state index contributed by atoms with van der Waals surface area (Å²) < 4.78 is 13.7. The third-order valence-corrected chi connectivity index (χ3v) is 3.42. The Hall–Kier alpha value is -0.600. The first kappa shape index (κ1) is 8.02. The van der Waals surface area contributed by atoms with Crippen LogP contribution in [0.1, 0.15) is 4.88 Å². The molecule has 0 aliphatic carbocycles. The normalized spacial score (nSPS) is 10.9. The van der Waals surface area contributed by atoms with Gasteiger partial charge in [-0.25, -0.2) is 4.39 Å². The Morgan fingerprint density at radius 1 is 1.42 bits per heavy atom. The first-order valence-corrected chi connectivity index (χ1v) is 4.72. The third kappa shape index (κ3) is 1.11. The van der Waals surface area contributed by atoms with Gasteiger partial charge in [0.15, 0.2) is 0 Å². The van der Waals surface area contributed by atoms with E-state index in [-0.39, 0.29) is 5.82 Å². The molecule has 0 nitrogen and oxygen atoms in total. The van der Waals surface area contributed by atoms with Gasteiger partial charge >= 0.3 is 0 Å². The topological polar surface area (TPSA) is 0 Å². The fourth-order valence-electron chi connectivity index (χ4n) is 1.16. The summed E-state index contributed by atoms with van der Waals surface area (Å²) >= 11 is 7.50. The molecule has 0 amide bonds. The standard InChI is InChI=1S/C9H6ClFS/c1-5-9(10)7-3-2-6(11)4-8(7)12-5/h2-4H,1H3. The number of halogens is 2. The van der Waals surface area contributed by atoms with Crippen LogP contribution < -0.4 is 0 Å². The van der Waals surface area contributed by atoms with Crippen molar-refractivity contribution in [2.24, 2.45) is 0 Å². The first-order chi connectivity index (χ1) is 5.68. The second kappa shape index (κ2) is 2.71. The Kier molecular flexibility index (Phi) is 1.81. The van der Waals surface area contributed by atoms with Crippen LogP contribution in [0.15, 0.2) is 18.2 Å². The van der Waals surface area contributed by atoms with Gasteiger partial charge in [-0.3, -0.25) is 0 Å². The highest BCUT2D eigenvalue weighted by molar-refractivity contribution is 7.19. The van der Waals surface area contributed by atoms with Crippen LogP contribution in [0.4, 0.5) is 4.39 Å². The molecule has 0 radical (unpaired) electrons. The van der Waals surface area contributed by atoms with Crippen LogP contribution in [0.25, 0.3) is 10.1 Å². The van der Waals surface area contributed by atoms with Crippen LogP contribution >= 0.6 is 22.9 Å². The van der Waals surface area contributed by atoms with Gasteiger partial charge in [-0.2, -0.15) is 0 Å². The summed E-state index contributed by atoms with van der Waals surface area (Å²) in [5.74, 6) is -0.208. The molecule has 0 spiro atoms. The van der Waals surface area contributed by atoms with Crippen LogP contribution in [0.5, 0.6) is 0 Å². The number of hydrogen-bond acceptors (Lipinski definition) is 1. The molecule has 1 aromatic heterocycles. The summed E-state index contributed by atoms with van der Waals surface area (Å²) in [5.41, 5.74) is 0. The zero-order valence-corrected chi connectivity index (χ0v) is 7.97. The highest BCUT2D eigenvalue weighted by Crippen LogP contribution is 2.34. The minimum atomic E-state index is -0.208. The van der Waals surface area contributed by atoms with Crippen molar-refractivity contribution in [2.75, 3.05) is 0 Å². The van der Waals surface area contributed by atoms with Gasteiger partial charge in [-0.05, 0) is 25.1 Å². The van der Waals surface area contributed by atoms with E-state index >= 15 is 0 Å². The van der Waals surface area contributed by atoms with Gasteiger partial charge in [0, 0.05) is 15.0 Å². The number of benzene rings is 1.